The van der Waals surface area contributed by atoms with Gasteiger partial charge in [-0.1, -0.05) is 62.4 Å². The molecule has 2 heterocycles. The SMILES string of the molecule is CC1(C)c2ccccc2-c2cc3c(cc21)c1ccccc1n3-c1cccc2scnc12. The molecule has 3 heteroatoms. The maximum absolute atomic E-state index is 4.72. The lowest BCUT2D eigenvalue weighted by Crippen LogP contribution is -2.14. The summed E-state index contributed by atoms with van der Waals surface area (Å²) >= 11 is 1.70. The maximum atomic E-state index is 4.72. The highest BCUT2D eigenvalue weighted by Crippen LogP contribution is 2.51. The fraction of sp³-hybridized carbons (Fsp3) is 0.107. The van der Waals surface area contributed by atoms with E-state index in [9.17, 15) is 0 Å². The number of para-hydroxylation sites is 2. The van der Waals surface area contributed by atoms with Gasteiger partial charge in [0.2, 0.25) is 0 Å². The van der Waals surface area contributed by atoms with Gasteiger partial charge in [0.25, 0.3) is 0 Å². The number of thiazole rings is 1. The van der Waals surface area contributed by atoms with Gasteiger partial charge in [0, 0.05) is 16.2 Å². The van der Waals surface area contributed by atoms with Gasteiger partial charge in [0.15, 0.2) is 0 Å². The molecule has 0 aliphatic heterocycles. The van der Waals surface area contributed by atoms with Gasteiger partial charge in [-0.05, 0) is 52.6 Å². The molecule has 1 aliphatic rings. The summed E-state index contributed by atoms with van der Waals surface area (Å²) < 4.78 is 3.62. The third-order valence-corrected chi connectivity index (χ3v) is 7.75. The first-order valence-electron chi connectivity index (χ1n) is 10.6. The van der Waals surface area contributed by atoms with Crippen LogP contribution in [0, 0.1) is 0 Å². The molecule has 0 amide bonds. The van der Waals surface area contributed by atoms with Crippen molar-refractivity contribution in [3.05, 3.63) is 95.5 Å². The summed E-state index contributed by atoms with van der Waals surface area (Å²) in [4.78, 5) is 4.72. The van der Waals surface area contributed by atoms with Crippen molar-refractivity contribution in [2.45, 2.75) is 19.3 Å². The Kier molecular flexibility index (Phi) is 3.25. The topological polar surface area (TPSA) is 17.8 Å². The van der Waals surface area contributed by atoms with E-state index in [4.69, 9.17) is 4.98 Å². The van der Waals surface area contributed by atoms with Crippen LogP contribution in [0.1, 0.15) is 25.0 Å². The summed E-state index contributed by atoms with van der Waals surface area (Å²) in [5.74, 6) is 0. The lowest BCUT2D eigenvalue weighted by molar-refractivity contribution is 0.661. The van der Waals surface area contributed by atoms with Gasteiger partial charge in [0.05, 0.1) is 26.9 Å². The van der Waals surface area contributed by atoms with E-state index in [-0.39, 0.29) is 5.41 Å². The van der Waals surface area contributed by atoms with Crippen molar-refractivity contribution < 1.29 is 0 Å². The van der Waals surface area contributed by atoms with Gasteiger partial charge in [0.1, 0.15) is 5.52 Å². The van der Waals surface area contributed by atoms with Gasteiger partial charge < -0.3 is 4.57 Å². The van der Waals surface area contributed by atoms with Gasteiger partial charge in [-0.3, -0.25) is 0 Å². The van der Waals surface area contributed by atoms with E-state index >= 15 is 0 Å². The van der Waals surface area contributed by atoms with Crippen LogP contribution in [0.2, 0.25) is 0 Å². The lowest BCUT2D eigenvalue weighted by atomic mass is 9.82. The third kappa shape index (κ3) is 2.14. The van der Waals surface area contributed by atoms with Crippen LogP contribution in [0.4, 0.5) is 0 Å². The van der Waals surface area contributed by atoms with Crippen LogP contribution < -0.4 is 0 Å². The highest BCUT2D eigenvalue weighted by Gasteiger charge is 2.36. The van der Waals surface area contributed by atoms with Gasteiger partial charge in [-0.15, -0.1) is 11.3 Å². The van der Waals surface area contributed by atoms with E-state index in [2.05, 4.69) is 97.3 Å². The molecule has 0 bridgehead atoms. The van der Waals surface area contributed by atoms with Crippen LogP contribution in [-0.2, 0) is 5.41 Å². The lowest BCUT2D eigenvalue weighted by Gasteiger charge is -2.21. The number of hydrogen-bond acceptors (Lipinski definition) is 2. The van der Waals surface area contributed by atoms with E-state index < -0.39 is 0 Å². The zero-order valence-corrected chi connectivity index (χ0v) is 18.2. The van der Waals surface area contributed by atoms with Crippen molar-refractivity contribution in [1.82, 2.24) is 9.55 Å². The predicted molar refractivity (Wildman–Crippen MR) is 132 cm³/mol. The Labute approximate surface area is 184 Å². The van der Waals surface area contributed by atoms with Crippen LogP contribution in [0.3, 0.4) is 0 Å². The normalized spacial score (nSPS) is 14.4. The molecule has 4 aromatic carbocycles. The first kappa shape index (κ1) is 17.3. The second kappa shape index (κ2) is 5.83. The molecule has 0 unspecified atom stereocenters. The summed E-state index contributed by atoms with van der Waals surface area (Å²) in [7, 11) is 0. The molecule has 0 fully saturated rings. The minimum atomic E-state index is -0.00174. The zero-order chi connectivity index (χ0) is 20.7. The molecule has 0 saturated heterocycles. The molecular weight excluding hydrogens is 396 g/mol. The van der Waals surface area contributed by atoms with E-state index in [0.29, 0.717) is 0 Å². The minimum Gasteiger partial charge on any atom is -0.307 e. The fourth-order valence-electron chi connectivity index (χ4n) is 5.47. The fourth-order valence-corrected chi connectivity index (χ4v) is 6.17. The first-order chi connectivity index (χ1) is 15.1. The summed E-state index contributed by atoms with van der Waals surface area (Å²) in [6.07, 6.45) is 0. The van der Waals surface area contributed by atoms with Crippen LogP contribution in [0.15, 0.2) is 84.4 Å². The predicted octanol–water partition coefficient (Wildman–Crippen LogP) is 7.70. The second-order valence-corrected chi connectivity index (χ2v) is 9.80. The monoisotopic (exact) mass is 416 g/mol. The summed E-state index contributed by atoms with van der Waals surface area (Å²) in [5, 5.41) is 2.60. The third-order valence-electron chi connectivity index (χ3n) is 6.96. The Bertz CT molecular complexity index is 1670. The smallest absolute Gasteiger partial charge is 0.105 e. The first-order valence-corrected chi connectivity index (χ1v) is 11.5. The Balaban J connectivity index is 1.67. The minimum absolute atomic E-state index is 0.00174. The van der Waals surface area contributed by atoms with Crippen molar-refractivity contribution in [3.8, 4) is 16.8 Å². The summed E-state index contributed by atoms with van der Waals surface area (Å²) in [6.45, 7) is 4.69. The molecule has 7 rings (SSSR count). The average molecular weight is 417 g/mol. The quantitative estimate of drug-likeness (QED) is 0.268. The molecule has 0 N–H and O–H groups in total. The molecule has 2 nitrogen and oxygen atoms in total. The molecule has 0 radical (unpaired) electrons. The molecule has 0 saturated carbocycles. The summed E-state index contributed by atoms with van der Waals surface area (Å²) in [5.41, 5.74) is 12.2. The van der Waals surface area contributed by atoms with Crippen molar-refractivity contribution in [2.75, 3.05) is 0 Å². The van der Waals surface area contributed by atoms with E-state index in [0.717, 1.165) is 11.2 Å². The Morgan fingerprint density at radius 3 is 2.52 bits per heavy atom. The van der Waals surface area contributed by atoms with Crippen LogP contribution in [0.25, 0.3) is 48.8 Å². The summed E-state index contributed by atoms with van der Waals surface area (Å²) in [6, 6.07) is 28.9. The molecule has 31 heavy (non-hydrogen) atoms. The maximum Gasteiger partial charge on any atom is 0.105 e. The molecule has 0 spiro atoms. The molecule has 0 atom stereocenters. The van der Waals surface area contributed by atoms with E-state index in [1.807, 2.05) is 5.51 Å². The number of fused-ring (bicyclic) bond motifs is 7. The number of benzene rings is 4. The number of hydrogen-bond donors (Lipinski definition) is 0. The Hall–Kier alpha value is -3.43. The number of rotatable bonds is 1. The second-order valence-electron chi connectivity index (χ2n) is 8.91. The van der Waals surface area contributed by atoms with Crippen LogP contribution in [0.5, 0.6) is 0 Å². The zero-order valence-electron chi connectivity index (χ0n) is 17.4. The van der Waals surface area contributed by atoms with Crippen LogP contribution >= 0.6 is 11.3 Å². The number of nitrogens with zero attached hydrogens (tertiary/aromatic N) is 2. The van der Waals surface area contributed by atoms with Crippen molar-refractivity contribution in [1.29, 1.82) is 0 Å². The largest absolute Gasteiger partial charge is 0.307 e. The molecule has 2 aromatic heterocycles. The Morgan fingerprint density at radius 1 is 0.742 bits per heavy atom. The van der Waals surface area contributed by atoms with Crippen molar-refractivity contribution in [3.63, 3.8) is 0 Å². The number of aromatic nitrogens is 2. The molecule has 1 aliphatic carbocycles. The van der Waals surface area contributed by atoms with Gasteiger partial charge >= 0.3 is 0 Å². The van der Waals surface area contributed by atoms with E-state index in [1.54, 1.807) is 11.3 Å². The molecule has 6 aromatic rings. The highest BCUT2D eigenvalue weighted by molar-refractivity contribution is 7.16. The van der Waals surface area contributed by atoms with Crippen molar-refractivity contribution in [2.24, 2.45) is 0 Å². The average Bonchev–Trinajstić information content (AvgIpc) is 3.46. The Morgan fingerprint density at radius 2 is 1.58 bits per heavy atom. The van der Waals surface area contributed by atoms with Gasteiger partial charge in [-0.25, -0.2) is 4.98 Å². The van der Waals surface area contributed by atoms with Gasteiger partial charge in [-0.2, -0.15) is 0 Å². The highest BCUT2D eigenvalue weighted by atomic mass is 32.1. The van der Waals surface area contributed by atoms with Crippen LogP contribution in [-0.4, -0.2) is 9.55 Å². The molecule has 148 valence electrons. The standard InChI is InChI=1S/C28H20N2S/c1-28(2)21-10-5-3-8-17(21)19-15-25-20(14-22(19)28)18-9-4-6-11-23(18)30(25)24-12-7-13-26-27(24)29-16-31-26/h3-16H,1-2H3. The van der Waals surface area contributed by atoms with E-state index in [1.165, 1.54) is 48.8 Å². The molecular formula is C28H20N2S. The van der Waals surface area contributed by atoms with Crippen molar-refractivity contribution >= 4 is 43.4 Å².